The molecule has 0 aromatic carbocycles. The third-order valence-corrected chi connectivity index (χ3v) is 3.01. The van der Waals surface area contributed by atoms with Gasteiger partial charge in [-0.15, -0.1) is 0 Å². The Balaban J connectivity index is 2.55. The maximum absolute atomic E-state index is 11.0. The summed E-state index contributed by atoms with van der Waals surface area (Å²) in [6, 6.07) is 2.20. The summed E-state index contributed by atoms with van der Waals surface area (Å²) in [6.45, 7) is 5.90. The lowest BCUT2D eigenvalue weighted by molar-refractivity contribution is 0.678. The molecule has 0 saturated carbocycles. The van der Waals surface area contributed by atoms with E-state index in [0.29, 0.717) is 0 Å². The lowest BCUT2D eigenvalue weighted by Gasteiger charge is -2.14. The Hall–Kier alpha value is -0.970. The number of hydrogen-bond donors (Lipinski definition) is 1. The molecule has 1 aromatic heterocycles. The van der Waals surface area contributed by atoms with Gasteiger partial charge in [0.25, 0.3) is 0 Å². The second kappa shape index (κ2) is 5.94. The quantitative estimate of drug-likeness (QED) is 0.852. The highest BCUT2D eigenvalue weighted by Gasteiger charge is 2.05. The first-order valence-electron chi connectivity index (χ1n) is 5.36. The van der Waals surface area contributed by atoms with Gasteiger partial charge in [0, 0.05) is 40.6 Å². The van der Waals surface area contributed by atoms with Crippen LogP contribution in [-0.2, 0) is 10.8 Å². The highest BCUT2D eigenvalue weighted by atomic mass is 32.2. The van der Waals surface area contributed by atoms with Crippen LogP contribution >= 0.6 is 0 Å². The molecule has 2 unspecified atom stereocenters. The molecule has 1 aromatic rings. The first-order chi connectivity index (χ1) is 7.47. The number of aromatic nitrogens is 2. The summed E-state index contributed by atoms with van der Waals surface area (Å²) in [5.41, 5.74) is 0.960. The van der Waals surface area contributed by atoms with Crippen LogP contribution in [0.5, 0.6) is 0 Å². The molecule has 0 saturated heterocycles. The Labute approximate surface area is 99.3 Å². The first-order valence-corrected chi connectivity index (χ1v) is 7.09. The fourth-order valence-corrected chi connectivity index (χ4v) is 2.14. The summed E-state index contributed by atoms with van der Waals surface area (Å²) in [5.74, 6) is 2.34. The molecule has 0 aliphatic carbocycles. The Morgan fingerprint density at radius 3 is 2.69 bits per heavy atom. The predicted octanol–water partition coefficient (Wildman–Crippen LogP) is 1.66. The highest BCUT2D eigenvalue weighted by Crippen LogP contribution is 2.08. The van der Waals surface area contributed by atoms with Crippen LogP contribution in [0.2, 0.25) is 0 Å². The van der Waals surface area contributed by atoms with Crippen LogP contribution in [0.15, 0.2) is 6.07 Å². The number of nitrogens with zero attached hydrogens (tertiary/aromatic N) is 2. The molecule has 90 valence electrons. The molecule has 0 spiro atoms. The van der Waals surface area contributed by atoms with Crippen molar-refractivity contribution in [1.82, 2.24) is 9.97 Å². The Bertz CT molecular complexity index is 361. The van der Waals surface area contributed by atoms with E-state index in [1.54, 1.807) is 6.26 Å². The smallest absolute Gasteiger partial charge is 0.130 e. The SMILES string of the molecule is Cc1cc(NC(C)CCS(C)=O)nc(C)n1. The van der Waals surface area contributed by atoms with Crippen molar-refractivity contribution in [1.29, 1.82) is 0 Å². The van der Waals surface area contributed by atoms with Crippen molar-refractivity contribution in [3.63, 3.8) is 0 Å². The summed E-state index contributed by atoms with van der Waals surface area (Å²) >= 11 is 0. The predicted molar refractivity (Wildman–Crippen MR) is 68.1 cm³/mol. The van der Waals surface area contributed by atoms with Gasteiger partial charge in [-0.05, 0) is 27.2 Å². The largest absolute Gasteiger partial charge is 0.367 e. The number of rotatable bonds is 5. The minimum Gasteiger partial charge on any atom is -0.367 e. The zero-order chi connectivity index (χ0) is 12.1. The molecule has 2 atom stereocenters. The van der Waals surface area contributed by atoms with Crippen molar-refractivity contribution >= 4 is 16.6 Å². The normalized spacial score (nSPS) is 14.5. The lowest BCUT2D eigenvalue weighted by Crippen LogP contribution is -2.19. The van der Waals surface area contributed by atoms with Crippen LogP contribution in [0.1, 0.15) is 24.9 Å². The van der Waals surface area contributed by atoms with E-state index < -0.39 is 10.8 Å². The van der Waals surface area contributed by atoms with Gasteiger partial charge in [-0.25, -0.2) is 9.97 Å². The lowest BCUT2D eigenvalue weighted by atomic mass is 10.2. The maximum atomic E-state index is 11.0. The fourth-order valence-electron chi connectivity index (χ4n) is 1.46. The first kappa shape index (κ1) is 13.1. The van der Waals surface area contributed by atoms with E-state index in [4.69, 9.17) is 0 Å². The van der Waals surface area contributed by atoms with Gasteiger partial charge in [-0.3, -0.25) is 4.21 Å². The van der Waals surface area contributed by atoms with Crippen LogP contribution < -0.4 is 5.32 Å². The van der Waals surface area contributed by atoms with Gasteiger partial charge in [0.05, 0.1) is 0 Å². The van der Waals surface area contributed by atoms with Gasteiger partial charge < -0.3 is 5.32 Å². The van der Waals surface area contributed by atoms with E-state index in [9.17, 15) is 4.21 Å². The molecule has 0 bridgehead atoms. The number of hydrogen-bond acceptors (Lipinski definition) is 4. The third kappa shape index (κ3) is 4.70. The molecule has 1 rings (SSSR count). The summed E-state index contributed by atoms with van der Waals surface area (Å²) in [5, 5.41) is 3.29. The average molecular weight is 241 g/mol. The highest BCUT2D eigenvalue weighted by molar-refractivity contribution is 7.84. The Morgan fingerprint density at radius 2 is 2.12 bits per heavy atom. The van der Waals surface area contributed by atoms with E-state index in [1.807, 2.05) is 19.9 Å². The van der Waals surface area contributed by atoms with Crippen molar-refractivity contribution in [3.8, 4) is 0 Å². The van der Waals surface area contributed by atoms with Gasteiger partial charge in [0.15, 0.2) is 0 Å². The van der Waals surface area contributed by atoms with Crippen LogP contribution in [0.4, 0.5) is 5.82 Å². The zero-order valence-electron chi connectivity index (χ0n) is 10.3. The van der Waals surface area contributed by atoms with E-state index in [2.05, 4.69) is 22.2 Å². The van der Waals surface area contributed by atoms with Crippen LogP contribution in [0.3, 0.4) is 0 Å². The van der Waals surface area contributed by atoms with E-state index in [-0.39, 0.29) is 6.04 Å². The molecule has 0 aliphatic rings. The average Bonchev–Trinajstić information content (AvgIpc) is 2.12. The van der Waals surface area contributed by atoms with Crippen LogP contribution in [0.25, 0.3) is 0 Å². The summed E-state index contributed by atoms with van der Waals surface area (Å²) in [6.07, 6.45) is 2.61. The number of anilines is 1. The minimum absolute atomic E-state index is 0.276. The van der Waals surface area contributed by atoms with Crippen LogP contribution in [0, 0.1) is 13.8 Å². The summed E-state index contributed by atoms with van der Waals surface area (Å²) in [4.78, 5) is 8.52. The summed E-state index contributed by atoms with van der Waals surface area (Å²) in [7, 11) is -0.726. The molecular formula is C11H19N3OS. The maximum Gasteiger partial charge on any atom is 0.130 e. The topological polar surface area (TPSA) is 54.9 Å². The minimum atomic E-state index is -0.726. The molecule has 1 heterocycles. The second-order valence-electron chi connectivity index (χ2n) is 4.05. The molecule has 16 heavy (non-hydrogen) atoms. The summed E-state index contributed by atoms with van der Waals surface area (Å²) < 4.78 is 11.0. The molecular weight excluding hydrogens is 222 g/mol. The van der Waals surface area contributed by atoms with E-state index in [0.717, 1.165) is 29.5 Å². The zero-order valence-corrected chi connectivity index (χ0v) is 11.1. The Morgan fingerprint density at radius 1 is 1.44 bits per heavy atom. The number of nitrogens with one attached hydrogen (secondary N) is 1. The fraction of sp³-hybridized carbons (Fsp3) is 0.636. The van der Waals surface area contributed by atoms with E-state index >= 15 is 0 Å². The number of aryl methyl sites for hydroxylation is 2. The monoisotopic (exact) mass is 241 g/mol. The van der Waals surface area contributed by atoms with Crippen molar-refractivity contribution in [2.24, 2.45) is 0 Å². The van der Waals surface area contributed by atoms with Crippen molar-refractivity contribution in [2.75, 3.05) is 17.3 Å². The van der Waals surface area contributed by atoms with Crippen molar-refractivity contribution < 1.29 is 4.21 Å². The van der Waals surface area contributed by atoms with Crippen molar-refractivity contribution in [2.45, 2.75) is 33.2 Å². The van der Waals surface area contributed by atoms with Crippen LogP contribution in [-0.4, -0.2) is 32.2 Å². The van der Waals surface area contributed by atoms with Gasteiger partial charge in [-0.2, -0.15) is 0 Å². The molecule has 0 radical (unpaired) electrons. The van der Waals surface area contributed by atoms with Gasteiger partial charge >= 0.3 is 0 Å². The standard InChI is InChI=1S/C11H19N3OS/c1-8(5-6-16(4)15)13-11-7-9(2)12-10(3)14-11/h7-8H,5-6H2,1-4H3,(H,12,13,14). The Kier molecular flexibility index (Phi) is 4.86. The molecule has 0 aliphatic heterocycles. The molecule has 5 heteroatoms. The molecule has 0 fully saturated rings. The van der Waals surface area contributed by atoms with Gasteiger partial charge in [0.2, 0.25) is 0 Å². The third-order valence-electron chi connectivity index (χ3n) is 2.20. The second-order valence-corrected chi connectivity index (χ2v) is 5.61. The van der Waals surface area contributed by atoms with Gasteiger partial charge in [0.1, 0.15) is 11.6 Å². The molecule has 0 amide bonds. The molecule has 1 N–H and O–H groups in total. The molecule has 4 nitrogen and oxygen atoms in total. The van der Waals surface area contributed by atoms with E-state index in [1.165, 1.54) is 0 Å². The van der Waals surface area contributed by atoms with Crippen molar-refractivity contribution in [3.05, 3.63) is 17.6 Å². The van der Waals surface area contributed by atoms with Gasteiger partial charge in [-0.1, -0.05) is 0 Å².